The molecule has 0 radical (unpaired) electrons. The normalized spacial score (nSPS) is 18.6. The average molecular weight is 440 g/mol. The lowest BCUT2D eigenvalue weighted by molar-refractivity contribution is 0.134. The van der Waals surface area contributed by atoms with Crippen LogP contribution in [0.3, 0.4) is 0 Å². The molecule has 0 aliphatic carbocycles. The Labute approximate surface area is 178 Å². The van der Waals surface area contributed by atoms with E-state index in [0.29, 0.717) is 42.6 Å². The van der Waals surface area contributed by atoms with Crippen LogP contribution in [-0.4, -0.2) is 43.6 Å². The Morgan fingerprint density at radius 2 is 1.77 bits per heavy atom. The highest BCUT2D eigenvalue weighted by Crippen LogP contribution is 2.55. The van der Waals surface area contributed by atoms with Gasteiger partial charge in [0.2, 0.25) is 0 Å². The number of pyridine rings is 1. The quantitative estimate of drug-likeness (QED) is 0.482. The fraction of sp³-hybridized carbons (Fsp3) is 0.190. The summed E-state index contributed by atoms with van der Waals surface area (Å²) in [7, 11) is -3.55. The van der Waals surface area contributed by atoms with E-state index in [1.807, 2.05) is 0 Å². The molecule has 0 unspecified atom stereocenters. The number of amidine groups is 1. The molecule has 0 bridgehead atoms. The van der Waals surface area contributed by atoms with E-state index >= 15 is 0 Å². The lowest BCUT2D eigenvalue weighted by Gasteiger charge is -2.34. The van der Waals surface area contributed by atoms with Crippen LogP contribution in [0.15, 0.2) is 67.7 Å². The summed E-state index contributed by atoms with van der Waals surface area (Å²) in [5.74, 6) is -0.419. The lowest BCUT2D eigenvalue weighted by Crippen LogP contribution is -2.31. The summed E-state index contributed by atoms with van der Waals surface area (Å²) in [4.78, 5) is 13.7. The minimum Gasteiger partial charge on any atom is -0.506 e. The maximum atomic E-state index is 13.5. The number of nitrogens with one attached hydrogen (secondary N) is 1. The molecule has 0 spiro atoms. The van der Waals surface area contributed by atoms with Crippen molar-refractivity contribution in [2.75, 3.05) is 18.5 Å². The van der Waals surface area contributed by atoms with Crippen LogP contribution in [0.4, 0.5) is 5.69 Å². The number of aromatic hydroxyl groups is 1. The van der Waals surface area contributed by atoms with Crippen LogP contribution in [0, 0.1) is 0 Å². The van der Waals surface area contributed by atoms with E-state index in [2.05, 4.69) is 14.8 Å². The summed E-state index contributed by atoms with van der Waals surface area (Å²) in [6.07, 6.45) is 1.20. The number of aromatic nitrogens is 1. The van der Waals surface area contributed by atoms with Crippen molar-refractivity contribution in [1.29, 1.82) is 0 Å². The van der Waals surface area contributed by atoms with Gasteiger partial charge in [0.05, 0.1) is 24.4 Å². The van der Waals surface area contributed by atoms with E-state index in [1.54, 1.807) is 48.5 Å². The predicted octanol–water partition coefficient (Wildman–Crippen LogP) is 3.62. The second-order valence-electron chi connectivity index (χ2n) is 7.22. The monoisotopic (exact) mass is 440 g/mol. The lowest BCUT2D eigenvalue weighted by atomic mass is 10.1. The van der Waals surface area contributed by atoms with Crippen LogP contribution >= 0.6 is 10.8 Å². The molecule has 1 saturated heterocycles. The number of ether oxygens (including phenoxy) is 1. The zero-order valence-electron chi connectivity index (χ0n) is 16.4. The summed E-state index contributed by atoms with van der Waals surface area (Å²) in [5.41, 5.74) is 0.863. The summed E-state index contributed by atoms with van der Waals surface area (Å²) >= 11 is 0. The Morgan fingerprint density at radius 3 is 2.58 bits per heavy atom. The molecule has 1 aromatic heterocycles. The van der Waals surface area contributed by atoms with Crippen molar-refractivity contribution in [3.8, 4) is 5.75 Å². The maximum Gasteiger partial charge on any atom is 0.286 e. The van der Waals surface area contributed by atoms with Crippen molar-refractivity contribution in [1.82, 2.24) is 4.68 Å². The minimum absolute atomic E-state index is 0.118. The summed E-state index contributed by atoms with van der Waals surface area (Å²) in [5, 5.41) is 18.9. The molecule has 0 saturated carbocycles. The van der Waals surface area contributed by atoms with Gasteiger partial charge in [-0.2, -0.15) is 9.78 Å². The molecule has 10 heteroatoms. The van der Waals surface area contributed by atoms with Crippen LogP contribution in [0.25, 0.3) is 10.9 Å². The first-order valence-electron chi connectivity index (χ1n) is 9.71. The van der Waals surface area contributed by atoms with Gasteiger partial charge in [0, 0.05) is 23.9 Å². The second kappa shape index (κ2) is 7.50. The smallest absolute Gasteiger partial charge is 0.286 e. The van der Waals surface area contributed by atoms with Crippen LogP contribution in [0.2, 0.25) is 0 Å². The molecule has 2 aromatic carbocycles. The zero-order valence-corrected chi connectivity index (χ0v) is 17.2. The van der Waals surface area contributed by atoms with Gasteiger partial charge in [0.25, 0.3) is 5.56 Å². The number of nitrogens with zero attached hydrogens (tertiary/aromatic N) is 3. The number of fused-ring (bicyclic) bond motifs is 2. The Morgan fingerprint density at radius 1 is 1.06 bits per heavy atom. The van der Waals surface area contributed by atoms with E-state index < -0.39 is 16.3 Å². The number of rotatable bonds is 2. The number of benzene rings is 2. The maximum absolute atomic E-state index is 13.5. The summed E-state index contributed by atoms with van der Waals surface area (Å²) in [6.45, 7) is 1.06. The molecule has 31 heavy (non-hydrogen) atoms. The Balaban J connectivity index is 1.75. The molecule has 5 rings (SSSR count). The van der Waals surface area contributed by atoms with Crippen LogP contribution in [-0.2, 0) is 4.74 Å². The SMILES string of the molecule is O=c1c(C2=NS(O)(O)c3ccccc3N2)c(O)c2ccccc2n1N=C1CCOCC1. The van der Waals surface area contributed by atoms with Crippen LogP contribution in [0.1, 0.15) is 18.4 Å². The first-order chi connectivity index (χ1) is 15.0. The van der Waals surface area contributed by atoms with Crippen molar-refractivity contribution >= 4 is 38.9 Å². The minimum atomic E-state index is -3.55. The van der Waals surface area contributed by atoms with E-state index in [1.165, 1.54) is 4.68 Å². The molecule has 3 heterocycles. The predicted molar refractivity (Wildman–Crippen MR) is 120 cm³/mol. The van der Waals surface area contributed by atoms with Gasteiger partial charge in [-0.15, -0.1) is 4.40 Å². The molecule has 0 amide bonds. The van der Waals surface area contributed by atoms with E-state index in [9.17, 15) is 19.0 Å². The van der Waals surface area contributed by atoms with Crippen LogP contribution < -0.4 is 10.9 Å². The standard InChI is InChI=1S/C21H20N4O5S/c26-19-14-5-1-3-7-16(14)25(23-13-9-11-30-12-10-13)21(27)18(19)20-22-15-6-2-4-8-17(15)31(28,29)24-20/h1-8,26,28-29H,9-12H2,(H,22,24). The van der Waals surface area contributed by atoms with Crippen molar-refractivity contribution < 1.29 is 18.9 Å². The van der Waals surface area contributed by atoms with Gasteiger partial charge >= 0.3 is 0 Å². The Hall–Kier alpha value is -3.18. The molecule has 0 atom stereocenters. The Bertz CT molecular complexity index is 1310. The first kappa shape index (κ1) is 19.8. The van der Waals surface area contributed by atoms with Gasteiger partial charge in [-0.3, -0.25) is 13.9 Å². The van der Waals surface area contributed by atoms with Crippen molar-refractivity contribution in [3.05, 3.63) is 64.4 Å². The first-order valence-corrected chi connectivity index (χ1v) is 11.2. The number of hydrogen-bond acceptors (Lipinski definition) is 8. The van der Waals surface area contributed by atoms with Crippen LogP contribution in [0.5, 0.6) is 5.75 Å². The topological polar surface area (TPSA) is 129 Å². The van der Waals surface area contributed by atoms with Gasteiger partial charge in [0.15, 0.2) is 5.84 Å². The third-order valence-corrected chi connectivity index (χ3v) is 6.62. The van der Waals surface area contributed by atoms with Gasteiger partial charge in [-0.1, -0.05) is 35.0 Å². The Kier molecular flexibility index (Phi) is 4.78. The molecule has 4 N–H and O–H groups in total. The fourth-order valence-corrected chi connectivity index (χ4v) is 4.88. The molecule has 2 aliphatic rings. The highest BCUT2D eigenvalue weighted by Gasteiger charge is 2.30. The highest BCUT2D eigenvalue weighted by atomic mass is 32.3. The van der Waals surface area contributed by atoms with E-state index in [0.717, 1.165) is 5.71 Å². The second-order valence-corrected chi connectivity index (χ2v) is 8.88. The molecule has 1 fully saturated rings. The van der Waals surface area contributed by atoms with Gasteiger partial charge < -0.3 is 15.2 Å². The van der Waals surface area contributed by atoms with Crippen molar-refractivity contribution in [2.24, 2.45) is 9.50 Å². The van der Waals surface area contributed by atoms with Crippen molar-refractivity contribution in [3.63, 3.8) is 0 Å². The van der Waals surface area contributed by atoms with Gasteiger partial charge in [-0.05, 0) is 24.3 Å². The van der Waals surface area contributed by atoms with E-state index in [-0.39, 0.29) is 22.0 Å². The third-order valence-electron chi connectivity index (χ3n) is 5.23. The molecule has 3 aromatic rings. The van der Waals surface area contributed by atoms with Gasteiger partial charge in [0.1, 0.15) is 16.2 Å². The summed E-state index contributed by atoms with van der Waals surface area (Å²) < 4.78 is 31.7. The van der Waals surface area contributed by atoms with Gasteiger partial charge in [-0.25, -0.2) is 0 Å². The largest absolute Gasteiger partial charge is 0.506 e. The fourth-order valence-electron chi connectivity index (χ4n) is 3.71. The molecule has 9 nitrogen and oxygen atoms in total. The number of hydrogen-bond donors (Lipinski definition) is 4. The molecule has 2 aliphatic heterocycles. The zero-order chi connectivity index (χ0) is 21.6. The number of para-hydroxylation sites is 2. The third kappa shape index (κ3) is 3.39. The van der Waals surface area contributed by atoms with Crippen molar-refractivity contribution in [2.45, 2.75) is 17.7 Å². The molecular formula is C21H20N4O5S. The summed E-state index contributed by atoms with van der Waals surface area (Å²) in [6, 6.07) is 13.4. The van der Waals surface area contributed by atoms with E-state index in [4.69, 9.17) is 4.74 Å². The average Bonchev–Trinajstić information content (AvgIpc) is 2.77. The number of anilines is 1. The molecular weight excluding hydrogens is 420 g/mol. The highest BCUT2D eigenvalue weighted by molar-refractivity contribution is 8.23. The molecule has 160 valence electrons.